The smallest absolute Gasteiger partial charge is 0.243 e. The highest BCUT2D eigenvalue weighted by Gasteiger charge is 2.64. The van der Waals surface area contributed by atoms with Gasteiger partial charge in [0.1, 0.15) is 5.54 Å². The molecule has 2 fully saturated rings. The average molecular weight is 333 g/mol. The van der Waals surface area contributed by atoms with Crippen LogP contribution in [0.25, 0.3) is 0 Å². The highest BCUT2D eigenvalue weighted by atomic mass is 35.5. The van der Waals surface area contributed by atoms with Crippen LogP contribution in [-0.4, -0.2) is 42.1 Å². The largest absolute Gasteiger partial charge is 0.378 e. The van der Waals surface area contributed by atoms with E-state index in [0.717, 1.165) is 25.9 Å². The van der Waals surface area contributed by atoms with Gasteiger partial charge in [-0.3, -0.25) is 4.79 Å². The predicted molar refractivity (Wildman–Crippen MR) is 92.2 cm³/mol. The molecule has 2 aliphatic rings. The number of nitrogens with two attached hydrogens (primary N) is 1. The number of halogens is 1. The normalized spacial score (nSPS) is 37.2. The van der Waals surface area contributed by atoms with Crippen LogP contribution in [0.5, 0.6) is 0 Å². The summed E-state index contributed by atoms with van der Waals surface area (Å²) in [6, 6.07) is 0. The summed E-state index contributed by atoms with van der Waals surface area (Å²) in [5.41, 5.74) is 5.73. The van der Waals surface area contributed by atoms with Crippen LogP contribution in [0.3, 0.4) is 0 Å². The van der Waals surface area contributed by atoms with Crippen LogP contribution >= 0.6 is 12.4 Å². The van der Waals surface area contributed by atoms with Gasteiger partial charge in [0.25, 0.3) is 0 Å². The minimum atomic E-state index is -0.765. The Morgan fingerprint density at radius 3 is 2.45 bits per heavy atom. The number of piperidine rings is 1. The molecule has 0 aromatic heterocycles. The lowest BCUT2D eigenvalue weighted by Gasteiger charge is -2.59. The second-order valence-electron chi connectivity index (χ2n) is 7.84. The number of hydrogen-bond acceptors (Lipinski definition) is 3. The molecule has 4 nitrogen and oxygen atoms in total. The molecule has 1 heterocycles. The summed E-state index contributed by atoms with van der Waals surface area (Å²) in [6.45, 7) is 13.0. The zero-order valence-corrected chi connectivity index (χ0v) is 15.6. The Morgan fingerprint density at radius 2 is 1.95 bits per heavy atom. The van der Waals surface area contributed by atoms with Gasteiger partial charge in [-0.25, -0.2) is 0 Å². The molecule has 1 saturated heterocycles. The molecule has 2 rings (SSSR count). The summed E-state index contributed by atoms with van der Waals surface area (Å²) in [7, 11) is 0. The van der Waals surface area contributed by atoms with E-state index in [0.29, 0.717) is 13.0 Å². The van der Waals surface area contributed by atoms with Crippen molar-refractivity contribution in [3.8, 4) is 0 Å². The van der Waals surface area contributed by atoms with Crippen LogP contribution in [0.4, 0.5) is 0 Å². The second-order valence-corrected chi connectivity index (χ2v) is 7.84. The van der Waals surface area contributed by atoms with Gasteiger partial charge in [-0.15, -0.1) is 12.4 Å². The van der Waals surface area contributed by atoms with Gasteiger partial charge in [-0.1, -0.05) is 27.7 Å². The Kier molecular flexibility index (Phi) is 5.97. The monoisotopic (exact) mass is 332 g/mol. The number of rotatable bonds is 4. The van der Waals surface area contributed by atoms with Crippen LogP contribution in [0.2, 0.25) is 0 Å². The van der Waals surface area contributed by atoms with Gasteiger partial charge in [-0.2, -0.15) is 0 Å². The maximum absolute atomic E-state index is 13.0. The number of amides is 1. The van der Waals surface area contributed by atoms with E-state index in [1.807, 2.05) is 11.8 Å². The number of ether oxygens (including phenoxy) is 1. The zero-order chi connectivity index (χ0) is 15.9. The Morgan fingerprint density at radius 1 is 1.32 bits per heavy atom. The first-order valence-corrected chi connectivity index (χ1v) is 8.40. The molecule has 3 unspecified atom stereocenters. The SMILES string of the molecule is CCOC1CC(N)(C(=O)N2CCCC(C)(CC)C2)C1(C)C.Cl. The molecular weight excluding hydrogens is 300 g/mol. The molecule has 0 spiro atoms. The van der Waals surface area contributed by atoms with Crippen molar-refractivity contribution >= 4 is 18.3 Å². The third kappa shape index (κ3) is 3.02. The van der Waals surface area contributed by atoms with Crippen molar-refractivity contribution in [3.63, 3.8) is 0 Å². The minimum absolute atomic E-state index is 0. The van der Waals surface area contributed by atoms with Crippen molar-refractivity contribution in [2.24, 2.45) is 16.6 Å². The predicted octanol–water partition coefficient (Wildman–Crippen LogP) is 2.98. The van der Waals surface area contributed by atoms with Crippen molar-refractivity contribution in [3.05, 3.63) is 0 Å². The van der Waals surface area contributed by atoms with E-state index in [1.165, 1.54) is 6.42 Å². The van der Waals surface area contributed by atoms with Crippen molar-refractivity contribution in [2.45, 2.75) is 71.9 Å². The second kappa shape index (κ2) is 6.66. The Balaban J connectivity index is 0.00000242. The van der Waals surface area contributed by atoms with Gasteiger partial charge in [0.15, 0.2) is 0 Å². The molecule has 130 valence electrons. The van der Waals surface area contributed by atoms with E-state index < -0.39 is 5.54 Å². The molecule has 0 radical (unpaired) electrons. The first-order chi connectivity index (χ1) is 9.70. The first kappa shape index (κ1) is 19.7. The van der Waals surface area contributed by atoms with E-state index in [4.69, 9.17) is 10.5 Å². The number of nitrogens with zero attached hydrogens (tertiary/aromatic N) is 1. The van der Waals surface area contributed by atoms with Gasteiger partial charge in [0.2, 0.25) is 5.91 Å². The third-order valence-corrected chi connectivity index (χ3v) is 6.13. The highest BCUT2D eigenvalue weighted by Crippen LogP contribution is 2.51. The lowest BCUT2D eigenvalue weighted by atomic mass is 9.54. The Hall–Kier alpha value is -0.320. The van der Waals surface area contributed by atoms with Gasteiger partial charge in [0, 0.05) is 31.5 Å². The van der Waals surface area contributed by atoms with E-state index >= 15 is 0 Å². The van der Waals surface area contributed by atoms with E-state index in [9.17, 15) is 4.79 Å². The fourth-order valence-electron chi connectivity index (χ4n) is 3.86. The molecular formula is C17H33ClN2O2. The number of carbonyl (C=O) groups excluding carboxylic acids is 1. The lowest BCUT2D eigenvalue weighted by molar-refractivity contribution is -0.181. The van der Waals surface area contributed by atoms with Crippen LogP contribution in [0, 0.1) is 10.8 Å². The average Bonchev–Trinajstić information content (AvgIpc) is 2.46. The van der Waals surface area contributed by atoms with Crippen LogP contribution in [-0.2, 0) is 9.53 Å². The highest BCUT2D eigenvalue weighted by molar-refractivity contribution is 5.89. The van der Waals surface area contributed by atoms with Gasteiger partial charge >= 0.3 is 0 Å². The molecule has 5 heteroatoms. The summed E-state index contributed by atoms with van der Waals surface area (Å²) >= 11 is 0. The van der Waals surface area contributed by atoms with Crippen molar-refractivity contribution in [2.75, 3.05) is 19.7 Å². The zero-order valence-electron chi connectivity index (χ0n) is 14.8. The van der Waals surface area contributed by atoms with E-state index in [1.54, 1.807) is 0 Å². The van der Waals surface area contributed by atoms with Crippen LogP contribution in [0.1, 0.15) is 60.3 Å². The lowest BCUT2D eigenvalue weighted by Crippen LogP contribution is -2.76. The van der Waals surface area contributed by atoms with E-state index in [2.05, 4.69) is 27.7 Å². The van der Waals surface area contributed by atoms with Crippen molar-refractivity contribution in [1.29, 1.82) is 0 Å². The van der Waals surface area contributed by atoms with Gasteiger partial charge < -0.3 is 15.4 Å². The molecule has 1 saturated carbocycles. The maximum atomic E-state index is 13.0. The Bertz CT molecular complexity index is 415. The first-order valence-electron chi connectivity index (χ1n) is 8.40. The molecule has 1 aliphatic heterocycles. The number of likely N-dealkylation sites (tertiary alicyclic amines) is 1. The summed E-state index contributed by atoms with van der Waals surface area (Å²) in [5, 5.41) is 0. The van der Waals surface area contributed by atoms with Crippen molar-refractivity contribution in [1.82, 2.24) is 4.90 Å². The fraction of sp³-hybridized carbons (Fsp3) is 0.941. The summed E-state index contributed by atoms with van der Waals surface area (Å²) in [5.74, 6) is 0.128. The van der Waals surface area contributed by atoms with Crippen LogP contribution in [0.15, 0.2) is 0 Å². The topological polar surface area (TPSA) is 55.6 Å². The molecule has 1 amide bonds. The molecule has 2 N–H and O–H groups in total. The Labute approximate surface area is 141 Å². The van der Waals surface area contributed by atoms with Crippen LogP contribution < -0.4 is 5.73 Å². The number of hydrogen-bond donors (Lipinski definition) is 1. The minimum Gasteiger partial charge on any atom is -0.378 e. The summed E-state index contributed by atoms with van der Waals surface area (Å²) < 4.78 is 5.74. The standard InChI is InChI=1S/C17H32N2O2.ClH/c1-6-16(5)9-8-10-19(12-16)14(20)17(18)11-13(21-7-2)15(17,3)4;/h13H,6-12,18H2,1-5H3;1H. The maximum Gasteiger partial charge on any atom is 0.243 e. The molecule has 22 heavy (non-hydrogen) atoms. The quantitative estimate of drug-likeness (QED) is 0.861. The van der Waals surface area contributed by atoms with Gasteiger partial charge in [-0.05, 0) is 31.6 Å². The molecule has 0 aromatic carbocycles. The van der Waals surface area contributed by atoms with Crippen molar-refractivity contribution < 1.29 is 9.53 Å². The molecule has 3 atom stereocenters. The molecule has 0 aromatic rings. The molecule has 1 aliphatic carbocycles. The molecule has 0 bridgehead atoms. The van der Waals surface area contributed by atoms with Gasteiger partial charge in [0.05, 0.1) is 6.10 Å². The summed E-state index contributed by atoms with van der Waals surface area (Å²) in [6.07, 6.45) is 4.14. The number of carbonyl (C=O) groups is 1. The van der Waals surface area contributed by atoms with E-state index in [-0.39, 0.29) is 35.2 Å². The summed E-state index contributed by atoms with van der Waals surface area (Å²) in [4.78, 5) is 15.0. The third-order valence-electron chi connectivity index (χ3n) is 6.13. The fourth-order valence-corrected chi connectivity index (χ4v) is 3.86.